The van der Waals surface area contributed by atoms with Gasteiger partial charge in [-0.15, -0.1) is 0 Å². The van der Waals surface area contributed by atoms with Crippen molar-refractivity contribution in [3.8, 4) is 11.4 Å². The van der Waals surface area contributed by atoms with E-state index in [-0.39, 0.29) is 5.65 Å². The van der Waals surface area contributed by atoms with Crippen LogP contribution >= 0.6 is 0 Å². The van der Waals surface area contributed by atoms with Crippen molar-refractivity contribution < 1.29 is 4.52 Å². The summed E-state index contributed by atoms with van der Waals surface area (Å²) in [6, 6.07) is 17.9. The van der Waals surface area contributed by atoms with Gasteiger partial charge in [-0.25, -0.2) is 13.9 Å². The number of aromatic nitrogens is 3. The first-order valence-electron chi connectivity index (χ1n) is 7.99. The molecule has 0 aliphatic rings. The van der Waals surface area contributed by atoms with E-state index in [1.54, 1.807) is 36.4 Å². The zero-order valence-corrected chi connectivity index (χ0v) is 13.5. The van der Waals surface area contributed by atoms with Gasteiger partial charge in [-0.05, 0) is 24.3 Å². The van der Waals surface area contributed by atoms with E-state index in [4.69, 9.17) is 4.52 Å². The molecule has 0 saturated carbocycles. The number of aryl methyl sites for hydroxylation is 1. The zero-order valence-electron chi connectivity index (χ0n) is 13.5. The van der Waals surface area contributed by atoms with Gasteiger partial charge >= 0.3 is 5.69 Å². The van der Waals surface area contributed by atoms with Crippen LogP contribution < -0.4 is 11.2 Å². The van der Waals surface area contributed by atoms with E-state index >= 15 is 0 Å². The number of para-hydroxylation sites is 2. The Bertz CT molecular complexity index is 1160. The SMILES string of the molecule is CCc1onc2c1c(=O)n(-c1ccccc1)c(=O)n2-c1ccccc1. The number of fused-ring (bicyclic) bond motifs is 1. The van der Waals surface area contributed by atoms with E-state index in [1.165, 1.54) is 4.57 Å². The number of hydrogen-bond acceptors (Lipinski definition) is 4. The largest absolute Gasteiger partial charge is 0.358 e. The first kappa shape index (κ1) is 15.1. The van der Waals surface area contributed by atoms with Crippen molar-refractivity contribution in [3.05, 3.63) is 87.3 Å². The molecule has 0 saturated heterocycles. The molecule has 0 radical (unpaired) electrons. The lowest BCUT2D eigenvalue weighted by Crippen LogP contribution is -2.38. The topological polar surface area (TPSA) is 70.0 Å². The molecule has 25 heavy (non-hydrogen) atoms. The Balaban J connectivity index is 2.21. The van der Waals surface area contributed by atoms with Gasteiger partial charge in [0.15, 0.2) is 11.4 Å². The highest BCUT2D eigenvalue weighted by atomic mass is 16.5. The van der Waals surface area contributed by atoms with Crippen LogP contribution in [0, 0.1) is 0 Å². The molecule has 0 unspecified atom stereocenters. The van der Waals surface area contributed by atoms with E-state index in [0.29, 0.717) is 28.9 Å². The highest BCUT2D eigenvalue weighted by molar-refractivity contribution is 5.78. The molecule has 124 valence electrons. The Labute approximate surface area is 142 Å². The minimum atomic E-state index is -0.481. The maximum absolute atomic E-state index is 13.1. The Hall–Kier alpha value is -3.41. The summed E-state index contributed by atoms with van der Waals surface area (Å²) in [5.41, 5.74) is 0.470. The quantitative estimate of drug-likeness (QED) is 0.578. The Morgan fingerprint density at radius 2 is 1.44 bits per heavy atom. The summed E-state index contributed by atoms with van der Waals surface area (Å²) in [5.74, 6) is 0.467. The summed E-state index contributed by atoms with van der Waals surface area (Å²) in [6.45, 7) is 1.88. The second kappa shape index (κ2) is 5.90. The summed E-state index contributed by atoms with van der Waals surface area (Å²) >= 11 is 0. The van der Waals surface area contributed by atoms with Gasteiger partial charge in [0.1, 0.15) is 5.39 Å². The first-order valence-corrected chi connectivity index (χ1v) is 7.99. The van der Waals surface area contributed by atoms with E-state index in [9.17, 15) is 9.59 Å². The summed E-state index contributed by atoms with van der Waals surface area (Å²) < 4.78 is 7.90. The van der Waals surface area contributed by atoms with E-state index in [2.05, 4.69) is 5.16 Å². The van der Waals surface area contributed by atoms with Crippen LogP contribution in [-0.2, 0) is 6.42 Å². The van der Waals surface area contributed by atoms with Crippen molar-refractivity contribution in [2.45, 2.75) is 13.3 Å². The van der Waals surface area contributed by atoms with Gasteiger partial charge in [-0.2, -0.15) is 0 Å². The number of nitrogens with zero attached hydrogens (tertiary/aromatic N) is 3. The van der Waals surface area contributed by atoms with Gasteiger partial charge in [0.2, 0.25) is 0 Å². The highest BCUT2D eigenvalue weighted by Crippen LogP contribution is 2.18. The predicted molar refractivity (Wildman–Crippen MR) is 94.6 cm³/mol. The molecule has 2 aromatic carbocycles. The second-order valence-electron chi connectivity index (χ2n) is 5.59. The predicted octanol–water partition coefficient (Wildman–Crippen LogP) is 2.69. The molecular formula is C19H15N3O3. The number of rotatable bonds is 3. The molecule has 0 aliphatic heterocycles. The molecule has 0 fully saturated rings. The highest BCUT2D eigenvalue weighted by Gasteiger charge is 2.21. The lowest BCUT2D eigenvalue weighted by Gasteiger charge is -2.11. The Morgan fingerprint density at radius 1 is 0.880 bits per heavy atom. The summed E-state index contributed by atoms with van der Waals surface area (Å²) in [4.78, 5) is 26.2. The molecule has 0 spiro atoms. The molecule has 2 aromatic heterocycles. The van der Waals surface area contributed by atoms with E-state index in [1.807, 2.05) is 31.2 Å². The molecule has 6 heteroatoms. The van der Waals surface area contributed by atoms with Crippen LogP contribution in [0.3, 0.4) is 0 Å². The van der Waals surface area contributed by atoms with Crippen LogP contribution in [0.15, 0.2) is 74.8 Å². The third kappa shape index (κ3) is 2.30. The number of hydrogen-bond donors (Lipinski definition) is 0. The lowest BCUT2D eigenvalue weighted by atomic mass is 10.2. The van der Waals surface area contributed by atoms with Gasteiger partial charge in [-0.1, -0.05) is 48.5 Å². The molecule has 4 aromatic rings. The second-order valence-corrected chi connectivity index (χ2v) is 5.59. The third-order valence-corrected chi connectivity index (χ3v) is 4.11. The van der Waals surface area contributed by atoms with Gasteiger partial charge in [0.25, 0.3) is 5.56 Å². The summed E-state index contributed by atoms with van der Waals surface area (Å²) in [5, 5.41) is 4.33. The molecule has 0 bridgehead atoms. The van der Waals surface area contributed by atoms with Crippen LogP contribution in [0.1, 0.15) is 12.7 Å². The van der Waals surface area contributed by atoms with E-state index < -0.39 is 11.2 Å². The zero-order chi connectivity index (χ0) is 17.4. The van der Waals surface area contributed by atoms with Crippen molar-refractivity contribution in [2.75, 3.05) is 0 Å². The molecule has 0 aliphatic carbocycles. The molecule has 6 nitrogen and oxygen atoms in total. The van der Waals surface area contributed by atoms with Crippen LogP contribution in [0.2, 0.25) is 0 Å². The minimum absolute atomic E-state index is 0.241. The van der Waals surface area contributed by atoms with Crippen LogP contribution in [0.25, 0.3) is 22.4 Å². The van der Waals surface area contributed by atoms with Crippen molar-refractivity contribution in [3.63, 3.8) is 0 Å². The van der Waals surface area contributed by atoms with Gasteiger partial charge in [0.05, 0.1) is 11.4 Å². The Morgan fingerprint density at radius 3 is 2.00 bits per heavy atom. The van der Waals surface area contributed by atoms with Gasteiger partial charge in [-0.3, -0.25) is 4.79 Å². The van der Waals surface area contributed by atoms with Crippen LogP contribution in [-0.4, -0.2) is 14.3 Å². The maximum atomic E-state index is 13.1. The van der Waals surface area contributed by atoms with Crippen LogP contribution in [0.4, 0.5) is 0 Å². The molecule has 0 N–H and O–H groups in total. The average Bonchev–Trinajstić information content (AvgIpc) is 3.08. The fraction of sp³-hybridized carbons (Fsp3) is 0.105. The fourth-order valence-corrected chi connectivity index (χ4v) is 2.93. The smallest absolute Gasteiger partial charge is 0.342 e. The van der Waals surface area contributed by atoms with Crippen molar-refractivity contribution in [1.82, 2.24) is 14.3 Å². The normalized spacial score (nSPS) is 11.1. The van der Waals surface area contributed by atoms with Crippen molar-refractivity contribution in [2.24, 2.45) is 0 Å². The molecule has 2 heterocycles. The molecule has 4 rings (SSSR count). The monoisotopic (exact) mass is 333 g/mol. The van der Waals surface area contributed by atoms with E-state index in [0.717, 1.165) is 4.57 Å². The molecule has 0 amide bonds. The summed E-state index contributed by atoms with van der Waals surface area (Å²) in [6.07, 6.45) is 0.507. The lowest BCUT2D eigenvalue weighted by molar-refractivity contribution is 0.392. The molecular weight excluding hydrogens is 318 g/mol. The standard InChI is InChI=1S/C19H15N3O3/c1-2-15-16-17(20-25-15)21(13-9-5-3-6-10-13)19(24)22(18(16)23)14-11-7-4-8-12-14/h3-12H,2H2,1H3. The molecule has 0 atom stereocenters. The number of benzene rings is 2. The first-order chi connectivity index (χ1) is 12.2. The van der Waals surface area contributed by atoms with Gasteiger partial charge in [0, 0.05) is 6.42 Å². The minimum Gasteiger partial charge on any atom is -0.358 e. The Kier molecular flexibility index (Phi) is 3.57. The van der Waals surface area contributed by atoms with Crippen LogP contribution in [0.5, 0.6) is 0 Å². The average molecular weight is 333 g/mol. The third-order valence-electron chi connectivity index (χ3n) is 4.11. The van der Waals surface area contributed by atoms with Crippen molar-refractivity contribution in [1.29, 1.82) is 0 Å². The van der Waals surface area contributed by atoms with Crippen molar-refractivity contribution >= 4 is 11.0 Å². The fourth-order valence-electron chi connectivity index (χ4n) is 2.93. The summed E-state index contributed by atoms with van der Waals surface area (Å²) in [7, 11) is 0. The van der Waals surface area contributed by atoms with Gasteiger partial charge < -0.3 is 4.52 Å². The maximum Gasteiger partial charge on any atom is 0.342 e.